The Balaban J connectivity index is 1.65. The van der Waals surface area contributed by atoms with Crippen molar-refractivity contribution < 1.29 is 13.2 Å². The average Bonchev–Trinajstić information content (AvgIpc) is 2.73. The van der Waals surface area contributed by atoms with E-state index in [-0.39, 0.29) is 19.0 Å². The topological polar surface area (TPSA) is 57.7 Å². The van der Waals surface area contributed by atoms with Crippen molar-refractivity contribution in [1.82, 2.24) is 9.21 Å². The highest BCUT2D eigenvalue weighted by Gasteiger charge is 2.28. The van der Waals surface area contributed by atoms with Gasteiger partial charge in [-0.3, -0.25) is 4.79 Å². The number of thioether (sulfide) groups is 1. The predicted molar refractivity (Wildman–Crippen MR) is 115 cm³/mol. The number of carbonyl (C=O) groups is 1. The summed E-state index contributed by atoms with van der Waals surface area (Å²) >= 11 is 7.73. The van der Waals surface area contributed by atoms with Gasteiger partial charge in [0.25, 0.3) is 5.91 Å². The lowest BCUT2D eigenvalue weighted by atomic mass is 10.2. The van der Waals surface area contributed by atoms with Crippen molar-refractivity contribution in [2.75, 3.05) is 32.4 Å². The summed E-state index contributed by atoms with van der Waals surface area (Å²) in [6, 6.07) is 14.6. The van der Waals surface area contributed by atoms with Crippen LogP contribution in [0.5, 0.6) is 0 Å². The summed E-state index contributed by atoms with van der Waals surface area (Å²) in [5, 5.41) is 1.63. The molecule has 0 radical (unpaired) electrons. The summed E-state index contributed by atoms with van der Waals surface area (Å²) in [5.74, 6) is -0.169. The number of benzene rings is 2. The molecule has 0 bridgehead atoms. The minimum absolute atomic E-state index is 0.169. The second kappa shape index (κ2) is 9.13. The fourth-order valence-corrected chi connectivity index (χ4v) is 4.74. The lowest BCUT2D eigenvalue weighted by molar-refractivity contribution is 0.0698. The second-order valence-electron chi connectivity index (χ2n) is 6.30. The van der Waals surface area contributed by atoms with Gasteiger partial charge in [0, 0.05) is 36.5 Å². The van der Waals surface area contributed by atoms with Crippen LogP contribution in [0.15, 0.2) is 58.8 Å². The SMILES string of the molecule is CSc1ccc(Cl)c(C(=O)N2CCN(S(=O)(=O)C=Cc3ccccc3)CC2)c1. The maximum atomic E-state index is 12.8. The molecule has 1 aliphatic rings. The molecule has 1 amide bonds. The maximum absolute atomic E-state index is 12.8. The highest BCUT2D eigenvalue weighted by molar-refractivity contribution is 7.98. The number of amides is 1. The van der Waals surface area contributed by atoms with E-state index in [0.29, 0.717) is 23.7 Å². The van der Waals surface area contributed by atoms with Crippen molar-refractivity contribution in [2.24, 2.45) is 0 Å². The molecule has 0 spiro atoms. The molecule has 1 aliphatic heterocycles. The smallest absolute Gasteiger partial charge is 0.255 e. The molecule has 0 atom stereocenters. The third kappa shape index (κ3) is 4.97. The van der Waals surface area contributed by atoms with Crippen molar-refractivity contribution in [3.63, 3.8) is 0 Å². The summed E-state index contributed by atoms with van der Waals surface area (Å²) in [6.45, 7) is 1.17. The summed E-state index contributed by atoms with van der Waals surface area (Å²) in [4.78, 5) is 15.4. The zero-order valence-corrected chi connectivity index (χ0v) is 17.8. The van der Waals surface area contributed by atoms with Crippen LogP contribution in [0.4, 0.5) is 0 Å². The number of halogens is 1. The quantitative estimate of drug-likeness (QED) is 0.668. The molecule has 28 heavy (non-hydrogen) atoms. The van der Waals surface area contributed by atoms with Crippen LogP contribution < -0.4 is 0 Å². The monoisotopic (exact) mass is 436 g/mol. The zero-order chi connectivity index (χ0) is 20.1. The number of carbonyl (C=O) groups excluding carboxylic acids is 1. The number of nitrogens with zero attached hydrogens (tertiary/aromatic N) is 2. The molecule has 1 saturated heterocycles. The van der Waals surface area contributed by atoms with Crippen molar-refractivity contribution in [2.45, 2.75) is 4.90 Å². The number of hydrogen-bond donors (Lipinski definition) is 0. The highest BCUT2D eigenvalue weighted by Crippen LogP contribution is 2.25. The van der Waals surface area contributed by atoms with E-state index in [1.165, 1.54) is 21.5 Å². The molecule has 0 aliphatic carbocycles. The first-order chi connectivity index (χ1) is 13.4. The van der Waals surface area contributed by atoms with Gasteiger partial charge < -0.3 is 4.90 Å². The maximum Gasteiger partial charge on any atom is 0.255 e. The van der Waals surface area contributed by atoms with Crippen LogP contribution in [0.25, 0.3) is 6.08 Å². The van der Waals surface area contributed by atoms with Gasteiger partial charge in [-0.1, -0.05) is 41.9 Å². The molecule has 1 heterocycles. The molecule has 148 valence electrons. The first kappa shape index (κ1) is 20.9. The lowest BCUT2D eigenvalue weighted by Gasteiger charge is -2.33. The first-order valence-corrected chi connectivity index (χ1v) is 11.9. The fraction of sp³-hybridized carbons (Fsp3) is 0.250. The molecule has 1 fully saturated rings. The summed E-state index contributed by atoms with van der Waals surface area (Å²) < 4.78 is 26.5. The Morgan fingerprint density at radius 1 is 1.07 bits per heavy atom. The fourth-order valence-electron chi connectivity index (χ4n) is 2.93. The molecule has 0 N–H and O–H groups in total. The zero-order valence-electron chi connectivity index (χ0n) is 15.4. The van der Waals surface area contributed by atoms with Crippen molar-refractivity contribution >= 4 is 45.4 Å². The molecule has 0 unspecified atom stereocenters. The molecule has 0 aromatic heterocycles. The normalized spacial score (nSPS) is 15.9. The summed E-state index contributed by atoms with van der Waals surface area (Å²) in [5.41, 5.74) is 1.28. The van der Waals surface area contributed by atoms with Crippen molar-refractivity contribution in [1.29, 1.82) is 0 Å². The Hall–Kier alpha value is -1.80. The number of rotatable bonds is 5. The van der Waals surface area contributed by atoms with Gasteiger partial charge in [0.2, 0.25) is 10.0 Å². The van der Waals surface area contributed by atoms with Gasteiger partial charge >= 0.3 is 0 Å². The summed E-state index contributed by atoms with van der Waals surface area (Å²) in [6.07, 6.45) is 3.52. The Morgan fingerprint density at radius 3 is 2.39 bits per heavy atom. The van der Waals surface area contributed by atoms with Gasteiger partial charge in [-0.2, -0.15) is 4.31 Å². The molecule has 2 aromatic carbocycles. The van der Waals surface area contributed by atoms with Crippen molar-refractivity contribution in [3.8, 4) is 0 Å². The van der Waals surface area contributed by atoms with Crippen LogP contribution in [-0.4, -0.2) is 56.0 Å². The van der Waals surface area contributed by atoms with Crippen LogP contribution in [-0.2, 0) is 10.0 Å². The largest absolute Gasteiger partial charge is 0.336 e. The van der Waals surface area contributed by atoms with Crippen LogP contribution in [0, 0.1) is 0 Å². The van der Waals surface area contributed by atoms with E-state index >= 15 is 0 Å². The third-order valence-electron chi connectivity index (χ3n) is 4.52. The van der Waals surface area contributed by atoms with Gasteiger partial charge in [-0.05, 0) is 36.1 Å². The average molecular weight is 437 g/mol. The van der Waals surface area contributed by atoms with E-state index in [1.807, 2.05) is 42.7 Å². The van der Waals surface area contributed by atoms with E-state index in [0.717, 1.165) is 10.5 Å². The van der Waals surface area contributed by atoms with E-state index in [4.69, 9.17) is 11.6 Å². The van der Waals surface area contributed by atoms with E-state index in [9.17, 15) is 13.2 Å². The third-order valence-corrected chi connectivity index (χ3v) is 7.14. The Morgan fingerprint density at radius 2 is 1.75 bits per heavy atom. The van der Waals surface area contributed by atoms with Crippen molar-refractivity contribution in [3.05, 3.63) is 70.1 Å². The van der Waals surface area contributed by atoms with E-state index < -0.39 is 10.0 Å². The molecule has 8 heteroatoms. The number of hydrogen-bond acceptors (Lipinski definition) is 4. The van der Waals surface area contributed by atoms with Gasteiger partial charge in [0.1, 0.15) is 0 Å². The molecule has 3 rings (SSSR count). The molecule has 2 aromatic rings. The number of sulfonamides is 1. The minimum Gasteiger partial charge on any atom is -0.336 e. The highest BCUT2D eigenvalue weighted by atomic mass is 35.5. The molecule has 5 nitrogen and oxygen atoms in total. The standard InChI is InChI=1S/C20H21ClN2O3S2/c1-27-17-7-8-19(21)18(15-17)20(24)22-10-12-23(13-11-22)28(25,26)14-9-16-5-3-2-4-6-16/h2-9,14-15H,10-13H2,1H3. The van der Waals surface area contributed by atoms with E-state index in [2.05, 4.69) is 0 Å². The second-order valence-corrected chi connectivity index (χ2v) is 9.40. The van der Waals surface area contributed by atoms with Crippen LogP contribution in [0.2, 0.25) is 5.02 Å². The first-order valence-electron chi connectivity index (χ1n) is 8.77. The van der Waals surface area contributed by atoms with Gasteiger partial charge in [-0.15, -0.1) is 11.8 Å². The van der Waals surface area contributed by atoms with Crippen LogP contribution in [0.1, 0.15) is 15.9 Å². The van der Waals surface area contributed by atoms with Crippen LogP contribution in [0.3, 0.4) is 0 Å². The lowest BCUT2D eigenvalue weighted by Crippen LogP contribution is -2.50. The van der Waals surface area contributed by atoms with Crippen LogP contribution >= 0.6 is 23.4 Å². The predicted octanol–water partition coefficient (Wildman–Crippen LogP) is 3.82. The Kier molecular flexibility index (Phi) is 6.82. The van der Waals surface area contributed by atoms with E-state index in [1.54, 1.807) is 23.1 Å². The Bertz CT molecular complexity index is 970. The van der Waals surface area contributed by atoms with Gasteiger partial charge in [-0.25, -0.2) is 8.42 Å². The number of piperazine rings is 1. The minimum atomic E-state index is -3.53. The van der Waals surface area contributed by atoms with Gasteiger partial charge in [0.05, 0.1) is 10.6 Å². The molecular formula is C20H21ClN2O3S2. The Labute approximate surface area is 175 Å². The van der Waals surface area contributed by atoms with Gasteiger partial charge in [0.15, 0.2) is 0 Å². The summed E-state index contributed by atoms with van der Waals surface area (Å²) in [7, 11) is -3.53. The molecule has 0 saturated carbocycles. The molecular weight excluding hydrogens is 416 g/mol.